The predicted octanol–water partition coefficient (Wildman–Crippen LogP) is 2.07. The number of nitrogens with one attached hydrogen (secondary N) is 1. The Morgan fingerprint density at radius 3 is 2.04 bits per heavy atom. The molecule has 1 N–H and O–H groups in total. The van der Waals surface area contributed by atoms with E-state index in [1.54, 1.807) is 19.8 Å². The smallest absolute Gasteiger partial charge is 0.384 e. The van der Waals surface area contributed by atoms with Gasteiger partial charge in [-0.2, -0.15) is 0 Å². The van der Waals surface area contributed by atoms with Crippen molar-refractivity contribution in [1.29, 1.82) is 0 Å². The zero-order chi connectivity index (χ0) is 20.5. The number of ether oxygens (including phenoxy) is 2. The lowest BCUT2D eigenvalue weighted by Crippen LogP contribution is -2.02. The van der Waals surface area contributed by atoms with Crippen LogP contribution < -0.4 is 0 Å². The van der Waals surface area contributed by atoms with Gasteiger partial charge in [-0.1, -0.05) is 0 Å². The molecule has 1 aromatic heterocycles. The summed E-state index contributed by atoms with van der Waals surface area (Å²) in [5.41, 5.74) is 0.801. The molecule has 0 aromatic carbocycles. The Morgan fingerprint density at radius 2 is 1.77 bits per heavy atom. The zero-order valence-corrected chi connectivity index (χ0v) is 15.3. The van der Waals surface area contributed by atoms with E-state index in [2.05, 4.69) is 21.0 Å². The molecule has 0 unspecified atom stereocenters. The Kier molecular flexibility index (Phi) is 14.5. The average molecular weight is 362 g/mol. The molecule has 0 aliphatic heterocycles. The highest BCUT2D eigenvalue weighted by molar-refractivity contribution is 5.96. The van der Waals surface area contributed by atoms with Crippen molar-refractivity contribution < 1.29 is 28.7 Å². The summed E-state index contributed by atoms with van der Waals surface area (Å²) < 4.78 is 9.07. The summed E-state index contributed by atoms with van der Waals surface area (Å²) in [5, 5.41) is 0. The number of hydrogen-bond donors (Lipinski definition) is 1. The van der Waals surface area contributed by atoms with Crippen LogP contribution in [0.25, 0.3) is 4.85 Å². The lowest BCUT2D eigenvalue weighted by Gasteiger charge is -1.96. The van der Waals surface area contributed by atoms with E-state index in [0.29, 0.717) is 24.5 Å². The number of esters is 2. The third kappa shape index (κ3) is 13.1. The number of hydrogen-bond acceptors (Lipinski definition) is 6. The number of nitrogens with zero attached hydrogens (tertiary/aromatic N) is 1. The molecule has 0 amide bonds. The Hall–Kier alpha value is -3.39. The molecule has 1 heterocycles. The summed E-state index contributed by atoms with van der Waals surface area (Å²) in [6.45, 7) is 13.1. The third-order valence-electron chi connectivity index (χ3n) is 2.27. The molecule has 8 nitrogen and oxygen atoms in total. The molecule has 0 atom stereocenters. The van der Waals surface area contributed by atoms with Gasteiger partial charge in [-0.05, 0) is 19.9 Å². The fraction of sp³-hybridized carbons (Fsp3) is 0.389. The average Bonchev–Trinajstić information content (AvgIpc) is 3.07. The van der Waals surface area contributed by atoms with Crippen molar-refractivity contribution in [2.45, 2.75) is 27.7 Å². The van der Waals surface area contributed by atoms with Crippen molar-refractivity contribution in [3.63, 3.8) is 0 Å². The van der Waals surface area contributed by atoms with Crippen LogP contribution >= 0.6 is 0 Å². The van der Waals surface area contributed by atoms with Crippen molar-refractivity contribution in [1.82, 2.24) is 4.98 Å². The van der Waals surface area contributed by atoms with Crippen molar-refractivity contribution in [2.75, 3.05) is 19.8 Å². The monoisotopic (exact) mass is 362 g/mol. The van der Waals surface area contributed by atoms with Gasteiger partial charge in [-0.3, -0.25) is 9.59 Å². The van der Waals surface area contributed by atoms with Crippen LogP contribution in [0, 0.1) is 18.9 Å². The van der Waals surface area contributed by atoms with Crippen LogP contribution in [0.1, 0.15) is 48.5 Å². The minimum absolute atomic E-state index is 0.0278. The summed E-state index contributed by atoms with van der Waals surface area (Å²) in [7, 11) is 0. The highest BCUT2D eigenvalue weighted by Crippen LogP contribution is 2.05. The van der Waals surface area contributed by atoms with Gasteiger partial charge in [0.15, 0.2) is 5.78 Å². The minimum Gasteiger partial charge on any atom is -0.462 e. The van der Waals surface area contributed by atoms with Gasteiger partial charge in [0.2, 0.25) is 5.78 Å². The van der Waals surface area contributed by atoms with Crippen LogP contribution in [0.4, 0.5) is 0 Å². The van der Waals surface area contributed by atoms with Crippen LogP contribution in [-0.4, -0.2) is 48.2 Å². The highest BCUT2D eigenvalue weighted by atomic mass is 16.5. The van der Waals surface area contributed by atoms with Crippen molar-refractivity contribution in [3.05, 3.63) is 34.9 Å². The number of Topliss-reactive ketones (excluding diaryl/α,β-unsaturated/α-hetero) is 2. The molecular formula is C18H22N2O6. The fourth-order valence-electron chi connectivity index (χ4n) is 1.21. The SMILES string of the molecule is C#CC(=O)OCC.CCOC(=O)c1c[nH]c(C(C)=O)c1.[C-]#[N+]CC(C)=O. The van der Waals surface area contributed by atoms with Gasteiger partial charge >= 0.3 is 11.9 Å². The second kappa shape index (κ2) is 15.2. The fourth-order valence-corrected chi connectivity index (χ4v) is 1.21. The minimum atomic E-state index is -0.595. The molecule has 0 saturated carbocycles. The molecule has 0 aliphatic rings. The first-order valence-corrected chi connectivity index (χ1v) is 7.55. The number of aromatic nitrogens is 1. The lowest BCUT2D eigenvalue weighted by molar-refractivity contribution is -0.136. The van der Waals surface area contributed by atoms with Gasteiger partial charge in [0.25, 0.3) is 6.54 Å². The topological polar surface area (TPSA) is 107 Å². The van der Waals surface area contributed by atoms with Gasteiger partial charge < -0.3 is 19.3 Å². The van der Waals surface area contributed by atoms with Crippen molar-refractivity contribution in [3.8, 4) is 12.3 Å². The van der Waals surface area contributed by atoms with E-state index in [9.17, 15) is 19.2 Å². The number of rotatable bonds is 5. The Balaban J connectivity index is 0. The van der Waals surface area contributed by atoms with Crippen LogP contribution in [0.5, 0.6) is 0 Å². The van der Waals surface area contributed by atoms with E-state index >= 15 is 0 Å². The molecule has 140 valence electrons. The van der Waals surface area contributed by atoms with Crippen LogP contribution in [0.15, 0.2) is 12.3 Å². The van der Waals surface area contributed by atoms with Gasteiger partial charge in [0.05, 0.1) is 24.5 Å². The third-order valence-corrected chi connectivity index (χ3v) is 2.27. The number of aromatic amines is 1. The maximum Gasteiger partial charge on any atom is 0.384 e. The first kappa shape index (κ1) is 24.9. The zero-order valence-electron chi connectivity index (χ0n) is 15.3. The van der Waals surface area contributed by atoms with E-state index in [1.807, 2.05) is 0 Å². The van der Waals surface area contributed by atoms with Crippen LogP contribution in [0.3, 0.4) is 0 Å². The maximum absolute atomic E-state index is 11.1. The molecule has 0 fully saturated rings. The molecule has 1 aromatic rings. The van der Waals surface area contributed by atoms with Crippen LogP contribution in [-0.2, 0) is 19.1 Å². The first-order chi connectivity index (χ1) is 12.2. The standard InChI is InChI=1S/C9H11NO3.C5H6O2.C4H5NO/c1-3-13-9(12)7-4-8(6(2)11)10-5-7;1-3-5(6)7-4-2;1-4(6)3-5-2/h4-5,10H,3H2,1-2H3;1H,4H2,2H3;3H2,1H3. The first-order valence-electron chi connectivity index (χ1n) is 7.55. The Labute approximate surface area is 152 Å². The molecule has 0 spiro atoms. The Morgan fingerprint density at radius 1 is 1.19 bits per heavy atom. The van der Waals surface area contributed by atoms with E-state index in [4.69, 9.17) is 11.3 Å². The number of carbonyl (C=O) groups excluding carboxylic acids is 4. The molecule has 1 rings (SSSR count). The second-order valence-corrected chi connectivity index (χ2v) is 4.46. The maximum atomic E-state index is 11.1. The predicted molar refractivity (Wildman–Crippen MR) is 94.4 cm³/mol. The highest BCUT2D eigenvalue weighted by Gasteiger charge is 2.10. The van der Waals surface area contributed by atoms with E-state index in [1.165, 1.54) is 26.1 Å². The molecule has 0 radical (unpaired) electrons. The van der Waals surface area contributed by atoms with E-state index in [0.717, 1.165) is 0 Å². The molecular weight excluding hydrogens is 340 g/mol. The number of H-pyrrole nitrogens is 1. The van der Waals surface area contributed by atoms with E-state index < -0.39 is 11.9 Å². The number of carbonyl (C=O) groups is 4. The Bertz CT molecular complexity index is 691. The lowest BCUT2D eigenvalue weighted by atomic mass is 10.2. The number of ketones is 2. The van der Waals surface area contributed by atoms with Gasteiger partial charge in [0.1, 0.15) is 0 Å². The summed E-state index contributed by atoms with van der Waals surface area (Å²) in [6, 6.07) is 1.49. The largest absolute Gasteiger partial charge is 0.462 e. The molecule has 0 saturated heterocycles. The van der Waals surface area contributed by atoms with Crippen molar-refractivity contribution >= 4 is 23.5 Å². The summed E-state index contributed by atoms with van der Waals surface area (Å²) in [5.74, 6) is 0.633. The number of terminal acetylenes is 1. The normalized spacial score (nSPS) is 8.23. The molecule has 26 heavy (non-hydrogen) atoms. The van der Waals surface area contributed by atoms with Crippen LogP contribution in [0.2, 0.25) is 0 Å². The van der Waals surface area contributed by atoms with Gasteiger partial charge in [-0.15, -0.1) is 6.42 Å². The molecule has 8 heteroatoms. The van der Waals surface area contributed by atoms with Gasteiger partial charge in [0, 0.05) is 26.0 Å². The summed E-state index contributed by atoms with van der Waals surface area (Å²) >= 11 is 0. The van der Waals surface area contributed by atoms with Crippen molar-refractivity contribution in [2.24, 2.45) is 0 Å². The summed E-state index contributed by atoms with van der Waals surface area (Å²) in [4.78, 5) is 47.3. The van der Waals surface area contributed by atoms with E-state index in [-0.39, 0.29) is 18.1 Å². The quantitative estimate of drug-likeness (QED) is 0.282. The molecule has 0 bridgehead atoms. The second-order valence-electron chi connectivity index (χ2n) is 4.46. The summed E-state index contributed by atoms with van der Waals surface area (Å²) in [6.07, 6.45) is 6.10. The molecule has 0 aliphatic carbocycles. The van der Waals surface area contributed by atoms with Gasteiger partial charge in [-0.25, -0.2) is 16.2 Å².